The Morgan fingerprint density at radius 1 is 1.12 bits per heavy atom. The normalized spacial score (nSPS) is 11.1. The number of hydrogen-bond acceptors (Lipinski definition) is 6. The third-order valence-corrected chi connectivity index (χ3v) is 5.67. The van der Waals surface area contributed by atoms with Crippen molar-refractivity contribution in [3.05, 3.63) is 54.1 Å². The van der Waals surface area contributed by atoms with Crippen LogP contribution in [0.3, 0.4) is 0 Å². The van der Waals surface area contributed by atoms with Gasteiger partial charge in [-0.15, -0.1) is 10.2 Å². The second-order valence-corrected chi connectivity index (χ2v) is 9.06. The Morgan fingerprint density at radius 2 is 1.81 bits per heavy atom. The van der Waals surface area contributed by atoms with E-state index in [2.05, 4.69) is 48.4 Å². The van der Waals surface area contributed by atoms with E-state index in [-0.39, 0.29) is 23.6 Å². The maximum atomic E-state index is 12.0. The largest absolute Gasteiger partial charge is 0.494 e. The predicted molar refractivity (Wildman–Crippen MR) is 126 cm³/mol. The minimum atomic E-state index is -0.228. The van der Waals surface area contributed by atoms with Gasteiger partial charge in [-0.25, -0.2) is 0 Å². The quantitative estimate of drug-likeness (QED) is 0.406. The van der Waals surface area contributed by atoms with Crippen molar-refractivity contribution < 1.29 is 9.53 Å². The number of carbonyl (C=O) groups is 1. The molecule has 3 aromatic rings. The van der Waals surface area contributed by atoms with Crippen LogP contribution in [-0.2, 0) is 10.2 Å². The molecule has 0 bridgehead atoms. The number of rotatable bonds is 8. The van der Waals surface area contributed by atoms with Gasteiger partial charge in [0.1, 0.15) is 12.3 Å². The number of hydrogen-bond donors (Lipinski definition) is 1. The van der Waals surface area contributed by atoms with Crippen molar-refractivity contribution in [2.45, 2.75) is 38.3 Å². The van der Waals surface area contributed by atoms with Crippen LogP contribution in [0.5, 0.6) is 5.75 Å². The minimum absolute atomic E-state index is 0.0175. The van der Waals surface area contributed by atoms with Crippen molar-refractivity contribution in [2.75, 3.05) is 18.9 Å². The molecule has 0 saturated heterocycles. The summed E-state index contributed by atoms with van der Waals surface area (Å²) in [4.78, 5) is 12.0. The molecule has 1 N–H and O–H groups in total. The Morgan fingerprint density at radius 3 is 2.41 bits per heavy atom. The number of nitrogens with zero attached hydrogens (tertiary/aromatic N) is 4. The van der Waals surface area contributed by atoms with Gasteiger partial charge in [-0.3, -0.25) is 9.36 Å². The Kier molecular flexibility index (Phi) is 7.54. The van der Waals surface area contributed by atoms with Gasteiger partial charge < -0.3 is 10.1 Å². The van der Waals surface area contributed by atoms with Crippen LogP contribution in [0, 0.1) is 11.3 Å². The summed E-state index contributed by atoms with van der Waals surface area (Å²) in [5.41, 5.74) is 3.09. The third kappa shape index (κ3) is 5.68. The summed E-state index contributed by atoms with van der Waals surface area (Å²) >= 11 is 1.27. The van der Waals surface area contributed by atoms with Gasteiger partial charge in [-0.05, 0) is 42.2 Å². The number of benzene rings is 2. The lowest BCUT2D eigenvalue weighted by molar-refractivity contribution is -0.118. The molecule has 8 heteroatoms. The van der Waals surface area contributed by atoms with Crippen LogP contribution in [0.4, 0.5) is 0 Å². The molecule has 2 aromatic carbocycles. The summed E-state index contributed by atoms with van der Waals surface area (Å²) in [6.45, 7) is 9.05. The number of thioether (sulfide) groups is 1. The molecule has 3 rings (SSSR count). The van der Waals surface area contributed by atoms with Crippen LogP contribution in [0.15, 0.2) is 53.7 Å². The molecular formula is C24H27N5O2S. The van der Waals surface area contributed by atoms with E-state index in [9.17, 15) is 4.79 Å². The highest BCUT2D eigenvalue weighted by Gasteiger charge is 2.19. The van der Waals surface area contributed by atoms with E-state index in [0.717, 1.165) is 17.0 Å². The molecule has 166 valence electrons. The third-order valence-electron chi connectivity index (χ3n) is 4.75. The van der Waals surface area contributed by atoms with Crippen LogP contribution in [-0.4, -0.2) is 39.6 Å². The fraction of sp³-hybridized carbons (Fsp3) is 0.333. The average Bonchev–Trinajstić information content (AvgIpc) is 3.20. The SMILES string of the molecule is CCOc1ccc(-n2c(SCC(=O)NCC#N)nnc2-c2ccc(C(C)(C)C)cc2)cc1. The van der Waals surface area contributed by atoms with Crippen LogP contribution in [0.2, 0.25) is 0 Å². The lowest BCUT2D eigenvalue weighted by Gasteiger charge is -2.19. The van der Waals surface area contributed by atoms with Gasteiger partial charge in [0.25, 0.3) is 0 Å². The van der Waals surface area contributed by atoms with E-state index in [1.54, 1.807) is 0 Å². The van der Waals surface area contributed by atoms with Crippen molar-refractivity contribution in [1.29, 1.82) is 5.26 Å². The van der Waals surface area contributed by atoms with Gasteiger partial charge in [-0.2, -0.15) is 5.26 Å². The van der Waals surface area contributed by atoms with Crippen molar-refractivity contribution in [3.63, 3.8) is 0 Å². The van der Waals surface area contributed by atoms with Gasteiger partial charge >= 0.3 is 0 Å². The highest BCUT2D eigenvalue weighted by Crippen LogP contribution is 2.30. The second-order valence-electron chi connectivity index (χ2n) is 8.12. The lowest BCUT2D eigenvalue weighted by Crippen LogP contribution is -2.25. The Bertz CT molecular complexity index is 1090. The van der Waals surface area contributed by atoms with Gasteiger partial charge in [-0.1, -0.05) is 56.8 Å². The van der Waals surface area contributed by atoms with E-state index in [1.807, 2.05) is 54.0 Å². The van der Waals surface area contributed by atoms with Crippen LogP contribution in [0.25, 0.3) is 17.1 Å². The number of ether oxygens (including phenoxy) is 1. The zero-order valence-corrected chi connectivity index (χ0v) is 19.6. The molecule has 1 aromatic heterocycles. The maximum absolute atomic E-state index is 12.0. The van der Waals surface area contributed by atoms with Crippen LogP contribution >= 0.6 is 11.8 Å². The monoisotopic (exact) mass is 449 g/mol. The first-order valence-electron chi connectivity index (χ1n) is 10.4. The molecule has 0 saturated carbocycles. The topological polar surface area (TPSA) is 92.8 Å². The summed E-state index contributed by atoms with van der Waals surface area (Å²) in [6, 6.07) is 17.9. The molecule has 0 radical (unpaired) electrons. The van der Waals surface area contributed by atoms with E-state index in [0.29, 0.717) is 17.6 Å². The number of nitriles is 1. The lowest BCUT2D eigenvalue weighted by atomic mass is 9.87. The molecule has 0 unspecified atom stereocenters. The molecule has 1 heterocycles. The summed E-state index contributed by atoms with van der Waals surface area (Å²) in [6.07, 6.45) is 0. The van der Waals surface area contributed by atoms with Gasteiger partial charge in [0.05, 0.1) is 18.4 Å². The molecule has 0 spiro atoms. The first-order valence-corrected chi connectivity index (χ1v) is 11.4. The summed E-state index contributed by atoms with van der Waals surface area (Å²) in [5.74, 6) is 1.38. The standard InChI is InChI=1S/C24H27N5O2S/c1-5-31-20-12-10-19(11-13-20)29-22(17-6-8-18(9-7-17)24(2,3)4)27-28-23(29)32-16-21(30)26-15-14-25/h6-13H,5,15-16H2,1-4H3,(H,26,30). The summed E-state index contributed by atoms with van der Waals surface area (Å²) < 4.78 is 7.49. The summed E-state index contributed by atoms with van der Waals surface area (Å²) in [5, 5.41) is 20.6. The van der Waals surface area contributed by atoms with Gasteiger partial charge in [0, 0.05) is 11.3 Å². The highest BCUT2D eigenvalue weighted by atomic mass is 32.2. The zero-order chi connectivity index (χ0) is 23.1. The Hall–Kier alpha value is -3.31. The van der Waals surface area contributed by atoms with Gasteiger partial charge in [0.2, 0.25) is 5.91 Å². The van der Waals surface area contributed by atoms with E-state index < -0.39 is 0 Å². The predicted octanol–water partition coefficient (Wildman–Crippen LogP) is 4.36. The molecule has 0 aliphatic rings. The van der Waals surface area contributed by atoms with Gasteiger partial charge in [0.15, 0.2) is 11.0 Å². The molecule has 1 amide bonds. The van der Waals surface area contributed by atoms with Crippen LogP contribution < -0.4 is 10.1 Å². The number of amides is 1. The van der Waals surface area contributed by atoms with Crippen LogP contribution in [0.1, 0.15) is 33.3 Å². The van der Waals surface area contributed by atoms with Crippen molar-refractivity contribution in [2.24, 2.45) is 0 Å². The molecule has 32 heavy (non-hydrogen) atoms. The molecule has 0 aliphatic heterocycles. The summed E-state index contributed by atoms with van der Waals surface area (Å²) in [7, 11) is 0. The van der Waals surface area contributed by atoms with Crippen molar-refractivity contribution >= 4 is 17.7 Å². The Balaban J connectivity index is 1.97. The Labute approximate surface area is 192 Å². The first-order chi connectivity index (χ1) is 15.3. The molecule has 7 nitrogen and oxygen atoms in total. The number of nitrogens with one attached hydrogen (secondary N) is 1. The fourth-order valence-corrected chi connectivity index (χ4v) is 3.86. The maximum Gasteiger partial charge on any atom is 0.231 e. The molecule has 0 atom stereocenters. The average molecular weight is 450 g/mol. The minimum Gasteiger partial charge on any atom is -0.494 e. The number of carbonyl (C=O) groups excluding carboxylic acids is 1. The molecule has 0 aliphatic carbocycles. The second kappa shape index (κ2) is 10.3. The molecular weight excluding hydrogens is 422 g/mol. The highest BCUT2D eigenvalue weighted by molar-refractivity contribution is 7.99. The number of aromatic nitrogens is 3. The van der Waals surface area contributed by atoms with Crippen molar-refractivity contribution in [1.82, 2.24) is 20.1 Å². The fourth-order valence-electron chi connectivity index (χ4n) is 3.08. The van der Waals surface area contributed by atoms with E-state index in [4.69, 9.17) is 10.00 Å². The van der Waals surface area contributed by atoms with E-state index in [1.165, 1.54) is 17.3 Å². The van der Waals surface area contributed by atoms with E-state index >= 15 is 0 Å². The van der Waals surface area contributed by atoms with Crippen molar-refractivity contribution in [3.8, 4) is 28.9 Å². The smallest absolute Gasteiger partial charge is 0.231 e. The zero-order valence-electron chi connectivity index (χ0n) is 18.8. The molecule has 0 fully saturated rings. The first kappa shape index (κ1) is 23.4.